The lowest BCUT2D eigenvalue weighted by Gasteiger charge is -2.27. The maximum Gasteiger partial charge on any atom is 0.366 e. The summed E-state index contributed by atoms with van der Waals surface area (Å²) in [5.41, 5.74) is 0.514. The molecule has 2 N–H and O–H groups in total. The first-order chi connectivity index (χ1) is 14.9. The third-order valence-corrected chi connectivity index (χ3v) is 5.89. The second-order valence-electron chi connectivity index (χ2n) is 8.13. The Morgan fingerprint density at radius 3 is 2.55 bits per heavy atom. The van der Waals surface area contributed by atoms with Crippen LogP contribution >= 0.6 is 0 Å². The van der Waals surface area contributed by atoms with Crippen molar-refractivity contribution in [1.29, 1.82) is 0 Å². The number of carbonyl (C=O) groups is 1. The minimum atomic E-state index is -1.81. The van der Waals surface area contributed by atoms with Gasteiger partial charge in [0.1, 0.15) is 0 Å². The number of aryl methyl sites for hydroxylation is 2. The summed E-state index contributed by atoms with van der Waals surface area (Å²) in [6.07, 6.45) is 3.41. The molecule has 1 aromatic heterocycles. The number of amides is 1. The number of benzene rings is 2. The molecule has 0 spiro atoms. The second-order valence-corrected chi connectivity index (χ2v) is 8.13. The number of nitrogens with one attached hydrogen (secondary N) is 1. The van der Waals surface area contributed by atoms with Crippen LogP contribution in [-0.2, 0) is 4.79 Å². The van der Waals surface area contributed by atoms with E-state index in [0.717, 1.165) is 36.8 Å². The molecule has 3 aromatic rings. The highest BCUT2D eigenvalue weighted by Gasteiger charge is 2.44. The molecule has 0 bridgehead atoms. The minimum absolute atomic E-state index is 0.235. The fraction of sp³-hybridized carbons (Fsp3) is 0.320. The molecule has 0 aliphatic heterocycles. The molecule has 31 heavy (non-hydrogen) atoms. The quantitative estimate of drug-likeness (QED) is 0.635. The maximum atomic E-state index is 13.2. The smallest absolute Gasteiger partial charge is 0.366 e. The highest BCUT2D eigenvalue weighted by molar-refractivity contribution is 6.01. The summed E-state index contributed by atoms with van der Waals surface area (Å²) >= 11 is 0. The van der Waals surface area contributed by atoms with Gasteiger partial charge in [-0.05, 0) is 57.0 Å². The van der Waals surface area contributed by atoms with E-state index in [2.05, 4.69) is 22.3 Å². The number of nitrogens with zero attached hydrogens (tertiary/aromatic N) is 1. The molecule has 1 atom stereocenters. The number of rotatable bonds is 3. The number of anilines is 1. The van der Waals surface area contributed by atoms with Crippen molar-refractivity contribution in [2.45, 2.75) is 45.1 Å². The van der Waals surface area contributed by atoms with Crippen LogP contribution in [0.2, 0.25) is 0 Å². The fourth-order valence-corrected chi connectivity index (χ4v) is 4.03. The van der Waals surface area contributed by atoms with Gasteiger partial charge in [0.15, 0.2) is 0 Å². The van der Waals surface area contributed by atoms with Gasteiger partial charge < -0.3 is 14.9 Å². The van der Waals surface area contributed by atoms with E-state index >= 15 is 0 Å². The molecule has 1 heterocycles. The molecule has 2 aromatic carbocycles. The fourth-order valence-electron chi connectivity index (χ4n) is 4.03. The molecule has 4 rings (SSSR count). The van der Waals surface area contributed by atoms with Gasteiger partial charge in [-0.25, -0.2) is 4.79 Å². The first-order valence-electron chi connectivity index (χ1n) is 10.4. The van der Waals surface area contributed by atoms with Gasteiger partial charge in [0, 0.05) is 22.6 Å². The summed E-state index contributed by atoms with van der Waals surface area (Å²) < 4.78 is 4.74. The van der Waals surface area contributed by atoms with E-state index in [1.165, 1.54) is 0 Å². The molecule has 1 fully saturated rings. The molecule has 0 saturated heterocycles. The Labute approximate surface area is 180 Å². The van der Waals surface area contributed by atoms with E-state index in [1.807, 2.05) is 31.2 Å². The molecule has 1 unspecified atom stereocenters. The third kappa shape index (κ3) is 4.23. The second kappa shape index (κ2) is 8.37. The zero-order chi connectivity index (χ0) is 22.0. The molecular formula is C25H24N2O4. The Kier molecular flexibility index (Phi) is 5.62. The first kappa shape index (κ1) is 20.8. The molecular weight excluding hydrogens is 392 g/mol. The van der Waals surface area contributed by atoms with Crippen LogP contribution in [0.25, 0.3) is 10.8 Å². The van der Waals surface area contributed by atoms with Crippen LogP contribution in [-0.4, -0.2) is 21.8 Å². The summed E-state index contributed by atoms with van der Waals surface area (Å²) in [5, 5.41) is 18.9. The van der Waals surface area contributed by atoms with Gasteiger partial charge in [-0.2, -0.15) is 0 Å². The Bertz CT molecular complexity index is 1240. The van der Waals surface area contributed by atoms with Crippen LogP contribution in [0.15, 0.2) is 51.8 Å². The van der Waals surface area contributed by atoms with E-state index in [-0.39, 0.29) is 5.92 Å². The van der Waals surface area contributed by atoms with Crippen molar-refractivity contribution in [3.63, 3.8) is 0 Å². The third-order valence-electron chi connectivity index (χ3n) is 5.89. The van der Waals surface area contributed by atoms with E-state index in [1.54, 1.807) is 25.1 Å². The molecule has 6 nitrogen and oxygen atoms in total. The van der Waals surface area contributed by atoms with Crippen molar-refractivity contribution in [1.82, 2.24) is 5.16 Å². The molecule has 0 radical (unpaired) electrons. The topological polar surface area (TPSA) is 92.4 Å². The van der Waals surface area contributed by atoms with Crippen LogP contribution in [0.1, 0.15) is 42.5 Å². The summed E-state index contributed by atoms with van der Waals surface area (Å²) in [4.78, 5) is 25.1. The largest absolute Gasteiger partial charge is 0.369 e. The van der Waals surface area contributed by atoms with E-state index in [0.29, 0.717) is 22.2 Å². The Balaban J connectivity index is 1.67. The van der Waals surface area contributed by atoms with E-state index in [9.17, 15) is 14.7 Å². The number of aromatic nitrogens is 1. The zero-order valence-corrected chi connectivity index (χ0v) is 17.6. The van der Waals surface area contributed by atoms with E-state index in [4.69, 9.17) is 4.52 Å². The standard InChI is InChI=1S/C25H24N2O4/c1-16-7-9-18(10-8-16)13-14-25(30,19-5-3-4-6-19)24(29)26-20-11-12-21-22(15-20)17(2)27-31-23(21)28/h7-12,15,19,30H,3-6H2,1-2H3,(H,26,29). The van der Waals surface area contributed by atoms with Gasteiger partial charge in [-0.1, -0.05) is 47.5 Å². The van der Waals surface area contributed by atoms with Crippen molar-refractivity contribution in [3.05, 3.63) is 69.7 Å². The highest BCUT2D eigenvalue weighted by Crippen LogP contribution is 2.35. The average Bonchev–Trinajstić information content (AvgIpc) is 3.31. The summed E-state index contributed by atoms with van der Waals surface area (Å²) in [6, 6.07) is 12.5. The van der Waals surface area contributed by atoms with Crippen LogP contribution < -0.4 is 10.9 Å². The monoisotopic (exact) mass is 416 g/mol. The molecule has 1 aliphatic carbocycles. The molecule has 1 amide bonds. The number of hydrogen-bond donors (Lipinski definition) is 2. The molecule has 1 saturated carbocycles. The lowest BCUT2D eigenvalue weighted by atomic mass is 9.85. The van der Waals surface area contributed by atoms with Gasteiger partial charge in [0.25, 0.3) is 5.91 Å². The lowest BCUT2D eigenvalue weighted by Crippen LogP contribution is -2.47. The highest BCUT2D eigenvalue weighted by atomic mass is 16.5. The number of fused-ring (bicyclic) bond motifs is 1. The van der Waals surface area contributed by atoms with E-state index < -0.39 is 17.1 Å². The SMILES string of the molecule is Cc1ccc(C#CC(O)(C(=O)Nc2ccc3c(=O)onc(C)c3c2)C2CCCC2)cc1. The van der Waals surface area contributed by atoms with Gasteiger partial charge in [-0.15, -0.1) is 0 Å². The number of aliphatic hydroxyl groups is 1. The van der Waals surface area contributed by atoms with Crippen molar-refractivity contribution < 1.29 is 14.4 Å². The lowest BCUT2D eigenvalue weighted by molar-refractivity contribution is -0.132. The van der Waals surface area contributed by atoms with Crippen molar-refractivity contribution in [3.8, 4) is 11.8 Å². The van der Waals surface area contributed by atoms with Gasteiger partial charge in [-0.3, -0.25) is 4.79 Å². The van der Waals surface area contributed by atoms with Gasteiger partial charge in [0.2, 0.25) is 5.60 Å². The van der Waals surface area contributed by atoms with Crippen molar-refractivity contribution in [2.75, 3.05) is 5.32 Å². The first-order valence-corrected chi connectivity index (χ1v) is 10.4. The molecule has 158 valence electrons. The zero-order valence-electron chi connectivity index (χ0n) is 17.6. The average molecular weight is 416 g/mol. The van der Waals surface area contributed by atoms with Crippen molar-refractivity contribution in [2.24, 2.45) is 5.92 Å². The minimum Gasteiger partial charge on any atom is -0.369 e. The Morgan fingerprint density at radius 1 is 1.13 bits per heavy atom. The van der Waals surface area contributed by atoms with Crippen LogP contribution in [0.4, 0.5) is 5.69 Å². The number of hydrogen-bond acceptors (Lipinski definition) is 5. The Morgan fingerprint density at radius 2 is 1.84 bits per heavy atom. The normalized spacial score (nSPS) is 15.8. The van der Waals surface area contributed by atoms with Crippen LogP contribution in [0.5, 0.6) is 0 Å². The summed E-state index contributed by atoms with van der Waals surface area (Å²) in [6.45, 7) is 3.71. The van der Waals surface area contributed by atoms with Crippen LogP contribution in [0.3, 0.4) is 0 Å². The Hall–Kier alpha value is -3.43. The summed E-state index contributed by atoms with van der Waals surface area (Å²) in [7, 11) is 0. The van der Waals surface area contributed by atoms with Gasteiger partial charge >= 0.3 is 5.63 Å². The van der Waals surface area contributed by atoms with Gasteiger partial charge in [0.05, 0.1) is 11.1 Å². The molecule has 6 heteroatoms. The predicted molar refractivity (Wildman–Crippen MR) is 119 cm³/mol. The summed E-state index contributed by atoms with van der Waals surface area (Å²) in [5.74, 6) is 5.05. The maximum absolute atomic E-state index is 13.2. The molecule has 1 aliphatic rings. The van der Waals surface area contributed by atoms with Crippen LogP contribution in [0, 0.1) is 31.6 Å². The van der Waals surface area contributed by atoms with Crippen molar-refractivity contribution >= 4 is 22.4 Å². The predicted octanol–water partition coefficient (Wildman–Crippen LogP) is 3.72. The number of carbonyl (C=O) groups excluding carboxylic acids is 1.